The lowest BCUT2D eigenvalue weighted by atomic mass is 10.2. The zero-order valence-electron chi connectivity index (χ0n) is 12.8. The smallest absolute Gasteiger partial charge is 0.269 e. The molecule has 1 aliphatic rings. The highest BCUT2D eigenvalue weighted by Crippen LogP contribution is 2.32. The van der Waals surface area contributed by atoms with Crippen LogP contribution in [0.5, 0.6) is 0 Å². The Bertz CT molecular complexity index is 807. The van der Waals surface area contributed by atoms with Crippen molar-refractivity contribution in [3.05, 3.63) is 61.6 Å². The number of benzene rings is 1. The first-order valence-corrected chi connectivity index (χ1v) is 7.67. The standard InChI is InChI=1S/C14H12ClFN2O2.C2H6/c1-8-2-5-11(10(16)6-8)18-12(15)7-13(19)17(14(18)20)9-3-4-9;1-2/h2,5-7,9H,3-4H2,1H3;1-2H3. The first kappa shape index (κ1) is 16.5. The van der Waals surface area contributed by atoms with Crippen LogP contribution >= 0.6 is 11.6 Å². The van der Waals surface area contributed by atoms with Gasteiger partial charge in [0.2, 0.25) is 0 Å². The summed E-state index contributed by atoms with van der Waals surface area (Å²) in [5, 5.41) is -0.0837. The van der Waals surface area contributed by atoms with Crippen molar-refractivity contribution in [3.8, 4) is 5.69 Å². The summed E-state index contributed by atoms with van der Waals surface area (Å²) in [6.07, 6.45) is 1.57. The highest BCUT2D eigenvalue weighted by molar-refractivity contribution is 6.29. The second-order valence-electron chi connectivity index (χ2n) is 4.98. The van der Waals surface area contributed by atoms with Crippen molar-refractivity contribution in [1.29, 1.82) is 0 Å². The number of rotatable bonds is 2. The van der Waals surface area contributed by atoms with E-state index in [9.17, 15) is 14.0 Å². The van der Waals surface area contributed by atoms with Crippen molar-refractivity contribution in [1.82, 2.24) is 9.13 Å². The van der Waals surface area contributed by atoms with Gasteiger partial charge in [0, 0.05) is 12.1 Å². The maximum atomic E-state index is 14.0. The van der Waals surface area contributed by atoms with Crippen molar-refractivity contribution in [3.63, 3.8) is 0 Å². The molecule has 0 saturated heterocycles. The molecule has 1 heterocycles. The van der Waals surface area contributed by atoms with E-state index in [0.29, 0.717) is 0 Å². The molecule has 22 heavy (non-hydrogen) atoms. The molecule has 0 radical (unpaired) electrons. The Labute approximate surface area is 132 Å². The molecule has 0 bridgehead atoms. The van der Waals surface area contributed by atoms with Crippen LogP contribution in [0.2, 0.25) is 5.15 Å². The van der Waals surface area contributed by atoms with Gasteiger partial charge in [0.15, 0.2) is 0 Å². The summed E-state index contributed by atoms with van der Waals surface area (Å²) in [4.78, 5) is 24.2. The highest BCUT2D eigenvalue weighted by atomic mass is 35.5. The van der Waals surface area contributed by atoms with Gasteiger partial charge in [-0.3, -0.25) is 9.36 Å². The summed E-state index contributed by atoms with van der Waals surface area (Å²) in [5.74, 6) is -0.546. The van der Waals surface area contributed by atoms with Crippen LogP contribution in [0.3, 0.4) is 0 Å². The highest BCUT2D eigenvalue weighted by Gasteiger charge is 2.28. The van der Waals surface area contributed by atoms with Crippen LogP contribution in [0.15, 0.2) is 33.9 Å². The number of aromatic nitrogens is 2. The van der Waals surface area contributed by atoms with Gasteiger partial charge in [-0.2, -0.15) is 0 Å². The van der Waals surface area contributed by atoms with Gasteiger partial charge in [-0.25, -0.2) is 13.8 Å². The Kier molecular flexibility index (Phi) is 4.86. The first-order valence-electron chi connectivity index (χ1n) is 7.29. The van der Waals surface area contributed by atoms with Gasteiger partial charge in [-0.15, -0.1) is 0 Å². The summed E-state index contributed by atoms with van der Waals surface area (Å²) in [6, 6.07) is 5.56. The third-order valence-electron chi connectivity index (χ3n) is 3.35. The van der Waals surface area contributed by atoms with Crippen LogP contribution in [0.4, 0.5) is 4.39 Å². The average Bonchev–Trinajstić information content (AvgIpc) is 3.27. The van der Waals surface area contributed by atoms with Gasteiger partial charge in [-0.1, -0.05) is 31.5 Å². The van der Waals surface area contributed by atoms with Crippen molar-refractivity contribution >= 4 is 11.6 Å². The molecule has 0 N–H and O–H groups in total. The second-order valence-corrected chi connectivity index (χ2v) is 5.37. The Hall–Kier alpha value is -1.88. The molecule has 1 aliphatic carbocycles. The molecule has 4 nitrogen and oxygen atoms in total. The quantitative estimate of drug-likeness (QED) is 0.794. The van der Waals surface area contributed by atoms with Crippen LogP contribution < -0.4 is 11.2 Å². The molecule has 0 spiro atoms. The molecular weight excluding hydrogens is 307 g/mol. The second kappa shape index (κ2) is 6.48. The fraction of sp³-hybridized carbons (Fsp3) is 0.375. The Balaban J connectivity index is 0.000000847. The Morgan fingerprint density at radius 3 is 2.36 bits per heavy atom. The summed E-state index contributed by atoms with van der Waals surface area (Å²) in [7, 11) is 0. The molecular formula is C16H18ClFN2O2. The predicted octanol–water partition coefficient (Wildman–Crippen LogP) is 3.46. The maximum absolute atomic E-state index is 14.0. The molecule has 0 amide bonds. The van der Waals surface area contributed by atoms with Crippen molar-refractivity contribution in [2.24, 2.45) is 0 Å². The predicted molar refractivity (Wildman–Crippen MR) is 85.6 cm³/mol. The van der Waals surface area contributed by atoms with Crippen LogP contribution in [0.1, 0.15) is 38.3 Å². The lowest BCUT2D eigenvalue weighted by Crippen LogP contribution is -2.38. The molecule has 1 aromatic carbocycles. The molecule has 118 valence electrons. The number of hydrogen-bond donors (Lipinski definition) is 0. The Morgan fingerprint density at radius 2 is 1.82 bits per heavy atom. The minimum atomic E-state index is -0.590. The van der Waals surface area contributed by atoms with E-state index in [1.165, 1.54) is 12.1 Å². The van der Waals surface area contributed by atoms with E-state index in [0.717, 1.165) is 33.6 Å². The van der Waals surface area contributed by atoms with Crippen molar-refractivity contribution in [2.45, 2.75) is 39.7 Å². The SMILES string of the molecule is CC.Cc1ccc(-n2c(Cl)cc(=O)n(C3CC3)c2=O)c(F)c1. The third-order valence-corrected chi connectivity index (χ3v) is 3.63. The molecule has 0 unspecified atom stereocenters. The fourth-order valence-electron chi connectivity index (χ4n) is 2.21. The third kappa shape index (κ3) is 2.99. The number of nitrogens with zero attached hydrogens (tertiary/aromatic N) is 2. The van der Waals surface area contributed by atoms with Gasteiger partial charge >= 0.3 is 5.69 Å². The molecule has 6 heteroatoms. The minimum absolute atomic E-state index is 0.0556. The number of hydrogen-bond acceptors (Lipinski definition) is 2. The van der Waals surface area contributed by atoms with E-state index in [-0.39, 0.29) is 16.9 Å². The molecule has 0 atom stereocenters. The fourth-order valence-corrected chi connectivity index (χ4v) is 2.47. The molecule has 2 aromatic rings. The monoisotopic (exact) mass is 324 g/mol. The molecule has 1 fully saturated rings. The van der Waals surface area contributed by atoms with Crippen molar-refractivity contribution < 1.29 is 4.39 Å². The lowest BCUT2D eigenvalue weighted by Gasteiger charge is -2.12. The topological polar surface area (TPSA) is 44.0 Å². The van der Waals surface area contributed by atoms with E-state index >= 15 is 0 Å². The molecule has 3 rings (SSSR count). The van der Waals surface area contributed by atoms with Gasteiger partial charge in [0.05, 0.1) is 5.69 Å². The summed E-state index contributed by atoms with van der Waals surface area (Å²) >= 11 is 5.96. The molecule has 1 aromatic heterocycles. The Morgan fingerprint density at radius 1 is 1.18 bits per heavy atom. The van der Waals surface area contributed by atoms with Crippen LogP contribution in [0.25, 0.3) is 5.69 Å². The zero-order valence-corrected chi connectivity index (χ0v) is 13.5. The van der Waals surface area contributed by atoms with E-state index < -0.39 is 17.1 Å². The van der Waals surface area contributed by atoms with Crippen LogP contribution in [0, 0.1) is 12.7 Å². The van der Waals surface area contributed by atoms with Gasteiger partial charge in [0.1, 0.15) is 11.0 Å². The van der Waals surface area contributed by atoms with Crippen LogP contribution in [-0.2, 0) is 0 Å². The lowest BCUT2D eigenvalue weighted by molar-refractivity contribution is 0.592. The summed E-state index contributed by atoms with van der Waals surface area (Å²) in [5.41, 5.74) is -0.232. The minimum Gasteiger partial charge on any atom is -0.269 e. The van der Waals surface area contributed by atoms with Gasteiger partial charge in [-0.05, 0) is 37.5 Å². The van der Waals surface area contributed by atoms with Crippen molar-refractivity contribution in [2.75, 3.05) is 0 Å². The first-order chi connectivity index (χ1) is 10.5. The van der Waals surface area contributed by atoms with Gasteiger partial charge in [0.25, 0.3) is 5.56 Å². The number of aryl methyl sites for hydroxylation is 1. The average molecular weight is 325 g/mol. The van der Waals surface area contributed by atoms with E-state index in [1.54, 1.807) is 13.0 Å². The van der Waals surface area contributed by atoms with E-state index in [1.807, 2.05) is 13.8 Å². The maximum Gasteiger partial charge on any atom is 0.337 e. The molecule has 1 saturated carbocycles. The van der Waals surface area contributed by atoms with E-state index in [4.69, 9.17) is 11.6 Å². The molecule has 0 aliphatic heterocycles. The number of halogens is 2. The largest absolute Gasteiger partial charge is 0.337 e. The van der Waals surface area contributed by atoms with Crippen LogP contribution in [-0.4, -0.2) is 9.13 Å². The summed E-state index contributed by atoms with van der Waals surface area (Å²) < 4.78 is 16.2. The summed E-state index contributed by atoms with van der Waals surface area (Å²) in [6.45, 7) is 5.75. The zero-order chi connectivity index (χ0) is 16.4. The normalized spacial score (nSPS) is 13.5. The van der Waals surface area contributed by atoms with Gasteiger partial charge < -0.3 is 0 Å². The van der Waals surface area contributed by atoms with E-state index in [2.05, 4.69) is 0 Å².